The highest BCUT2D eigenvalue weighted by Crippen LogP contribution is 2.30. The molecule has 0 radical (unpaired) electrons. The summed E-state index contributed by atoms with van der Waals surface area (Å²) >= 11 is 0. The molecule has 0 fully saturated rings. The highest BCUT2D eigenvalue weighted by molar-refractivity contribution is 5.82. The minimum Gasteiger partial charge on any atom is -0.494 e. The van der Waals surface area contributed by atoms with Gasteiger partial charge in [-0.2, -0.15) is 5.10 Å². The van der Waals surface area contributed by atoms with Crippen LogP contribution in [0.25, 0.3) is 0 Å². The fraction of sp³-hybridized carbons (Fsp3) is 0.231. The molecular formula is C13H15N3O. The highest BCUT2D eigenvalue weighted by Gasteiger charge is 2.03. The summed E-state index contributed by atoms with van der Waals surface area (Å²) in [5, 5.41) is 4.09. The lowest BCUT2D eigenvalue weighted by Gasteiger charge is -2.06. The van der Waals surface area contributed by atoms with Gasteiger partial charge in [-0.05, 0) is 18.6 Å². The normalized spacial score (nSPS) is 11.0. The second-order valence-electron chi connectivity index (χ2n) is 3.83. The van der Waals surface area contributed by atoms with Crippen LogP contribution in [-0.4, -0.2) is 23.1 Å². The molecule has 1 aromatic carbocycles. The van der Waals surface area contributed by atoms with Gasteiger partial charge < -0.3 is 4.74 Å². The lowest BCUT2D eigenvalue weighted by Crippen LogP contribution is -1.86. The molecule has 0 aliphatic heterocycles. The Morgan fingerprint density at radius 2 is 2.24 bits per heavy atom. The van der Waals surface area contributed by atoms with E-state index in [0.717, 1.165) is 22.6 Å². The average Bonchev–Trinajstić information content (AvgIpc) is 2.73. The predicted molar refractivity (Wildman–Crippen MR) is 68.2 cm³/mol. The zero-order chi connectivity index (χ0) is 12.3. The molecule has 2 aromatic rings. The van der Waals surface area contributed by atoms with E-state index in [1.165, 1.54) is 0 Å². The predicted octanol–water partition coefficient (Wildman–Crippen LogP) is 2.49. The number of methoxy groups -OCH3 is 1. The van der Waals surface area contributed by atoms with Crippen molar-refractivity contribution in [3.63, 3.8) is 0 Å². The molecule has 0 amide bonds. The summed E-state index contributed by atoms with van der Waals surface area (Å²) in [6, 6.07) is 5.87. The molecule has 4 heteroatoms. The summed E-state index contributed by atoms with van der Waals surface area (Å²) in [5.74, 6) is 0.783. The first kappa shape index (κ1) is 11.4. The molecule has 4 nitrogen and oxygen atoms in total. The summed E-state index contributed by atoms with van der Waals surface area (Å²) in [6.45, 7) is 2.01. The quantitative estimate of drug-likeness (QED) is 0.758. The van der Waals surface area contributed by atoms with Gasteiger partial charge >= 0.3 is 0 Å². The number of hydrogen-bond donors (Lipinski definition) is 0. The van der Waals surface area contributed by atoms with E-state index in [9.17, 15) is 0 Å². The topological polar surface area (TPSA) is 39.4 Å². The Labute approximate surface area is 101 Å². The molecule has 2 rings (SSSR count). The number of hydrogen-bond acceptors (Lipinski definition) is 3. The van der Waals surface area contributed by atoms with E-state index >= 15 is 0 Å². The van der Waals surface area contributed by atoms with E-state index in [0.29, 0.717) is 0 Å². The second-order valence-corrected chi connectivity index (χ2v) is 3.83. The van der Waals surface area contributed by atoms with Crippen LogP contribution in [0.5, 0.6) is 5.75 Å². The minimum atomic E-state index is 0.783. The summed E-state index contributed by atoms with van der Waals surface area (Å²) in [5.41, 5.74) is 2.92. The minimum absolute atomic E-state index is 0.783. The van der Waals surface area contributed by atoms with Crippen LogP contribution in [0.4, 0.5) is 5.69 Å². The first-order valence-electron chi connectivity index (χ1n) is 5.37. The number of benzene rings is 1. The molecule has 0 unspecified atom stereocenters. The van der Waals surface area contributed by atoms with Gasteiger partial charge in [-0.25, -0.2) is 0 Å². The molecule has 17 heavy (non-hydrogen) atoms. The number of nitrogens with zero attached hydrogens (tertiary/aromatic N) is 3. The van der Waals surface area contributed by atoms with Crippen molar-refractivity contribution in [1.82, 2.24) is 9.78 Å². The number of aromatic nitrogens is 2. The molecule has 0 aliphatic rings. The fourth-order valence-electron chi connectivity index (χ4n) is 1.61. The molecule has 0 N–H and O–H groups in total. The Hall–Kier alpha value is -2.10. The van der Waals surface area contributed by atoms with Crippen LogP contribution < -0.4 is 4.74 Å². The third-order valence-corrected chi connectivity index (χ3v) is 2.49. The molecule has 0 aliphatic carbocycles. The van der Waals surface area contributed by atoms with Crippen molar-refractivity contribution < 1.29 is 4.74 Å². The number of aryl methyl sites for hydroxylation is 2. The van der Waals surface area contributed by atoms with E-state index in [2.05, 4.69) is 10.1 Å². The summed E-state index contributed by atoms with van der Waals surface area (Å²) < 4.78 is 7.03. The monoisotopic (exact) mass is 229 g/mol. The van der Waals surface area contributed by atoms with Crippen molar-refractivity contribution >= 4 is 11.9 Å². The van der Waals surface area contributed by atoms with Gasteiger partial charge in [0.25, 0.3) is 0 Å². The van der Waals surface area contributed by atoms with E-state index in [-0.39, 0.29) is 0 Å². The maximum Gasteiger partial charge on any atom is 0.144 e. The Morgan fingerprint density at radius 1 is 1.41 bits per heavy atom. The van der Waals surface area contributed by atoms with Gasteiger partial charge in [0, 0.05) is 25.0 Å². The highest BCUT2D eigenvalue weighted by atomic mass is 16.5. The maximum atomic E-state index is 5.29. The van der Waals surface area contributed by atoms with E-state index < -0.39 is 0 Å². The number of para-hydroxylation sites is 1. The van der Waals surface area contributed by atoms with Gasteiger partial charge in [0.15, 0.2) is 0 Å². The Balaban J connectivity index is 2.32. The maximum absolute atomic E-state index is 5.29. The van der Waals surface area contributed by atoms with E-state index in [1.54, 1.807) is 24.2 Å². The molecule has 0 bridgehead atoms. The van der Waals surface area contributed by atoms with Crippen LogP contribution in [0.1, 0.15) is 11.1 Å². The lowest BCUT2D eigenvalue weighted by atomic mass is 10.2. The van der Waals surface area contributed by atoms with E-state index in [1.807, 2.05) is 38.4 Å². The zero-order valence-corrected chi connectivity index (χ0v) is 10.2. The smallest absolute Gasteiger partial charge is 0.144 e. The van der Waals surface area contributed by atoms with Gasteiger partial charge in [-0.15, -0.1) is 0 Å². The largest absolute Gasteiger partial charge is 0.494 e. The van der Waals surface area contributed by atoms with Crippen LogP contribution in [-0.2, 0) is 7.05 Å². The third kappa shape index (κ3) is 2.53. The molecule has 0 saturated carbocycles. The zero-order valence-electron chi connectivity index (χ0n) is 10.2. The molecule has 0 atom stereocenters. The molecule has 1 aromatic heterocycles. The summed E-state index contributed by atoms with van der Waals surface area (Å²) in [6.07, 6.45) is 5.47. The molecule has 88 valence electrons. The fourth-order valence-corrected chi connectivity index (χ4v) is 1.61. The lowest BCUT2D eigenvalue weighted by molar-refractivity contribution is 0.416. The van der Waals surface area contributed by atoms with Crippen LogP contribution >= 0.6 is 0 Å². The SMILES string of the molecule is COc1cccc(C)c1/N=C/c1cnn(C)c1. The molecule has 0 spiro atoms. The van der Waals surface area contributed by atoms with Gasteiger partial charge in [-0.3, -0.25) is 9.67 Å². The summed E-state index contributed by atoms with van der Waals surface area (Å²) in [7, 11) is 3.53. The number of ether oxygens (including phenoxy) is 1. The van der Waals surface area contributed by atoms with Gasteiger partial charge in [0.1, 0.15) is 11.4 Å². The third-order valence-electron chi connectivity index (χ3n) is 2.49. The molecule has 0 saturated heterocycles. The Morgan fingerprint density at radius 3 is 2.88 bits per heavy atom. The number of rotatable bonds is 3. The van der Waals surface area contributed by atoms with Crippen molar-refractivity contribution in [3.8, 4) is 5.75 Å². The van der Waals surface area contributed by atoms with Crippen LogP contribution in [0.2, 0.25) is 0 Å². The number of aliphatic imine (C=N–C) groups is 1. The Bertz CT molecular complexity index is 543. The van der Waals surface area contributed by atoms with Crippen molar-refractivity contribution in [2.75, 3.05) is 7.11 Å². The van der Waals surface area contributed by atoms with Gasteiger partial charge in [-0.1, -0.05) is 12.1 Å². The second kappa shape index (κ2) is 4.82. The van der Waals surface area contributed by atoms with Gasteiger partial charge in [0.2, 0.25) is 0 Å². The van der Waals surface area contributed by atoms with E-state index in [4.69, 9.17) is 4.74 Å². The molecular weight excluding hydrogens is 214 g/mol. The van der Waals surface area contributed by atoms with Crippen LogP contribution in [0.3, 0.4) is 0 Å². The van der Waals surface area contributed by atoms with Crippen molar-refractivity contribution in [2.24, 2.45) is 12.0 Å². The average molecular weight is 229 g/mol. The van der Waals surface area contributed by atoms with Crippen molar-refractivity contribution in [1.29, 1.82) is 0 Å². The first-order chi connectivity index (χ1) is 8.20. The Kier molecular flexibility index (Phi) is 3.23. The first-order valence-corrected chi connectivity index (χ1v) is 5.37. The standard InChI is InChI=1S/C13H15N3O/c1-10-5-4-6-12(17-3)13(10)14-7-11-8-15-16(2)9-11/h4-9H,1-3H3/b14-7+. The van der Waals surface area contributed by atoms with Crippen molar-refractivity contribution in [3.05, 3.63) is 41.7 Å². The van der Waals surface area contributed by atoms with Crippen molar-refractivity contribution in [2.45, 2.75) is 6.92 Å². The van der Waals surface area contributed by atoms with Crippen LogP contribution in [0, 0.1) is 6.92 Å². The van der Waals surface area contributed by atoms with Gasteiger partial charge in [0.05, 0.1) is 13.3 Å². The molecule has 1 heterocycles. The summed E-state index contributed by atoms with van der Waals surface area (Å²) in [4.78, 5) is 4.46. The van der Waals surface area contributed by atoms with Crippen LogP contribution in [0.15, 0.2) is 35.6 Å².